The second-order valence-corrected chi connectivity index (χ2v) is 13.4. The Balaban J connectivity index is 1.68. The van der Waals surface area contributed by atoms with Crippen LogP contribution in [0.25, 0.3) is 0 Å². The summed E-state index contributed by atoms with van der Waals surface area (Å²) < 4.78 is 34.4. The lowest BCUT2D eigenvalue weighted by Crippen LogP contribution is -2.60. The number of likely N-dealkylation sites (tertiary alicyclic amines) is 1. The molecule has 0 aromatic carbocycles. The number of ether oxygens (including phenoxy) is 1. The van der Waals surface area contributed by atoms with Crippen LogP contribution in [0.1, 0.15) is 59.3 Å². The topological polar surface area (TPSA) is 212 Å². The van der Waals surface area contributed by atoms with Gasteiger partial charge in [0.1, 0.15) is 11.8 Å². The molecule has 3 rings (SSSR count). The zero-order chi connectivity index (χ0) is 30.0. The number of nitrogens with one attached hydrogen (secondary N) is 3. The van der Waals surface area contributed by atoms with Crippen LogP contribution in [0.2, 0.25) is 0 Å². The van der Waals surface area contributed by atoms with E-state index in [9.17, 15) is 32.7 Å². The third kappa shape index (κ3) is 6.41. The van der Waals surface area contributed by atoms with Crippen LogP contribution in [0.3, 0.4) is 0 Å². The Morgan fingerprint density at radius 3 is 2.50 bits per heavy atom. The average Bonchev–Trinajstić information content (AvgIpc) is 3.17. The van der Waals surface area contributed by atoms with Gasteiger partial charge < -0.3 is 30.7 Å². The molecule has 1 heterocycles. The monoisotopic (exact) mass is 586 g/mol. The third-order valence-electron chi connectivity index (χ3n) is 8.89. The number of carboxylic acid groups (broad SMARTS) is 1. The van der Waals surface area contributed by atoms with Gasteiger partial charge in [0.2, 0.25) is 21.8 Å². The summed E-state index contributed by atoms with van der Waals surface area (Å²) in [6.45, 7) is 5.89. The number of ketones is 1. The van der Waals surface area contributed by atoms with Gasteiger partial charge in [0.05, 0.1) is 24.8 Å². The predicted octanol–water partition coefficient (Wildman–Crippen LogP) is -0.560. The zero-order valence-corrected chi connectivity index (χ0v) is 24.4. The van der Waals surface area contributed by atoms with E-state index in [-0.39, 0.29) is 17.7 Å². The SMILES string of the molecule is CCOC1C(NC(=O)CN(C)C(=O)C(CC(=O)O)NS(=O)(=O)CC23CCC(CC2=O)C3(C)C)CCCN1C(=N)N. The molecule has 3 fully saturated rings. The molecule has 1 saturated heterocycles. The first-order valence-corrected chi connectivity index (χ1v) is 15.2. The number of amides is 2. The normalized spacial score (nSPS) is 28.2. The highest BCUT2D eigenvalue weighted by Gasteiger charge is 2.65. The van der Waals surface area contributed by atoms with E-state index >= 15 is 0 Å². The fraction of sp³-hybridized carbons (Fsp3) is 0.800. The van der Waals surface area contributed by atoms with Gasteiger partial charge in [-0.25, -0.2) is 13.1 Å². The number of fused-ring (bicyclic) bond motifs is 2. The van der Waals surface area contributed by atoms with Gasteiger partial charge in [-0.1, -0.05) is 13.8 Å². The lowest BCUT2D eigenvalue weighted by atomic mass is 9.70. The number of guanidine groups is 1. The molecule has 0 aromatic rings. The van der Waals surface area contributed by atoms with Gasteiger partial charge >= 0.3 is 5.97 Å². The van der Waals surface area contributed by atoms with E-state index in [0.29, 0.717) is 38.8 Å². The molecule has 3 aliphatic rings. The zero-order valence-electron chi connectivity index (χ0n) is 23.6. The van der Waals surface area contributed by atoms with Crippen molar-refractivity contribution in [3.05, 3.63) is 0 Å². The van der Waals surface area contributed by atoms with Gasteiger partial charge in [0, 0.05) is 32.0 Å². The highest BCUT2D eigenvalue weighted by atomic mass is 32.2. The van der Waals surface area contributed by atoms with Crippen LogP contribution < -0.4 is 15.8 Å². The standard InChI is InChI=1S/C25H42N6O8S/c1-5-39-22-16(7-6-10-31(22)23(26)27)28-19(33)13-30(4)21(36)17(12-20(34)35)29-40(37,38)14-25-9-8-15(11-18(25)32)24(25,2)3/h15-17,22,29H,5-14H2,1-4H3,(H3,26,27)(H,28,33)(H,34,35). The maximum Gasteiger partial charge on any atom is 0.305 e. The first-order valence-electron chi connectivity index (χ1n) is 13.6. The molecule has 15 heteroatoms. The number of carboxylic acids is 1. The van der Waals surface area contributed by atoms with E-state index in [1.54, 1.807) is 6.92 Å². The van der Waals surface area contributed by atoms with Crippen molar-refractivity contribution in [2.45, 2.75) is 77.6 Å². The number of sulfonamides is 1. The first-order chi connectivity index (χ1) is 18.5. The smallest absolute Gasteiger partial charge is 0.305 e. The van der Waals surface area contributed by atoms with Crippen molar-refractivity contribution in [3.63, 3.8) is 0 Å². The Hall–Kier alpha value is -2.78. The van der Waals surface area contributed by atoms with Crippen LogP contribution in [0.15, 0.2) is 0 Å². The highest BCUT2D eigenvalue weighted by molar-refractivity contribution is 7.89. The molecule has 5 unspecified atom stereocenters. The Labute approximate surface area is 234 Å². The van der Waals surface area contributed by atoms with Gasteiger partial charge in [0.25, 0.3) is 0 Å². The number of Topliss-reactive ketones (excluding diaryl/α,β-unsaturated/α-hetero) is 1. The Morgan fingerprint density at radius 2 is 1.98 bits per heavy atom. The van der Waals surface area contributed by atoms with E-state index in [4.69, 9.17) is 15.9 Å². The summed E-state index contributed by atoms with van der Waals surface area (Å²) in [6, 6.07) is -2.17. The van der Waals surface area contributed by atoms with Gasteiger partial charge in [-0.05, 0) is 43.9 Å². The summed E-state index contributed by atoms with van der Waals surface area (Å²) >= 11 is 0. The van der Waals surface area contributed by atoms with E-state index in [0.717, 1.165) is 11.3 Å². The van der Waals surface area contributed by atoms with Crippen LogP contribution in [-0.2, 0) is 33.9 Å². The van der Waals surface area contributed by atoms with Crippen molar-refractivity contribution in [2.75, 3.05) is 32.5 Å². The second kappa shape index (κ2) is 12.0. The van der Waals surface area contributed by atoms with Crippen molar-refractivity contribution in [1.29, 1.82) is 5.41 Å². The molecule has 0 spiro atoms. The van der Waals surface area contributed by atoms with Crippen molar-refractivity contribution < 1.29 is 37.4 Å². The highest BCUT2D eigenvalue weighted by Crippen LogP contribution is 2.64. The summed E-state index contributed by atoms with van der Waals surface area (Å²) in [5.74, 6) is -3.61. The summed E-state index contributed by atoms with van der Waals surface area (Å²) in [6.07, 6.45) is 1.17. The number of likely N-dealkylation sites (N-methyl/N-ethyl adjacent to an activating group) is 1. The number of hydrogen-bond donors (Lipinski definition) is 5. The largest absolute Gasteiger partial charge is 0.481 e. The van der Waals surface area contributed by atoms with E-state index in [2.05, 4.69) is 10.0 Å². The predicted molar refractivity (Wildman–Crippen MR) is 144 cm³/mol. The van der Waals surface area contributed by atoms with Gasteiger partial charge in [-0.3, -0.25) is 24.6 Å². The molecule has 1 aliphatic heterocycles. The van der Waals surface area contributed by atoms with Gasteiger partial charge in [0.15, 0.2) is 12.2 Å². The van der Waals surface area contributed by atoms with Gasteiger partial charge in [-0.15, -0.1) is 0 Å². The third-order valence-corrected chi connectivity index (χ3v) is 10.4. The molecule has 6 N–H and O–H groups in total. The van der Waals surface area contributed by atoms with Crippen molar-refractivity contribution in [1.82, 2.24) is 19.8 Å². The molecule has 2 bridgehead atoms. The van der Waals surface area contributed by atoms with Gasteiger partial charge in [-0.2, -0.15) is 0 Å². The lowest BCUT2D eigenvalue weighted by molar-refractivity contribution is -0.142. The molecule has 0 radical (unpaired) electrons. The van der Waals surface area contributed by atoms with Crippen molar-refractivity contribution >= 4 is 39.5 Å². The summed E-state index contributed by atoms with van der Waals surface area (Å²) in [5, 5.41) is 20.0. The number of carbonyl (C=O) groups is 4. The van der Waals surface area contributed by atoms with E-state index < -0.39 is 75.7 Å². The lowest BCUT2D eigenvalue weighted by Gasteiger charge is -2.41. The van der Waals surface area contributed by atoms with Crippen molar-refractivity contribution in [2.24, 2.45) is 22.5 Å². The van der Waals surface area contributed by atoms with Crippen LogP contribution in [0.4, 0.5) is 0 Å². The van der Waals surface area contributed by atoms with Crippen LogP contribution >= 0.6 is 0 Å². The Bertz CT molecular complexity index is 1140. The quantitative estimate of drug-likeness (QED) is 0.145. The molecule has 226 valence electrons. The Kier molecular flexibility index (Phi) is 9.51. The molecule has 2 amide bonds. The fourth-order valence-electron chi connectivity index (χ4n) is 6.60. The minimum absolute atomic E-state index is 0.0882. The second-order valence-electron chi connectivity index (χ2n) is 11.6. The van der Waals surface area contributed by atoms with Crippen LogP contribution in [-0.4, -0.2) is 104 Å². The fourth-order valence-corrected chi connectivity index (χ4v) is 8.63. The minimum atomic E-state index is -4.25. The van der Waals surface area contributed by atoms with E-state index in [1.165, 1.54) is 11.9 Å². The summed E-state index contributed by atoms with van der Waals surface area (Å²) in [5.41, 5.74) is 4.04. The number of aliphatic carboxylic acids is 1. The molecular weight excluding hydrogens is 544 g/mol. The number of rotatable bonds is 12. The maximum absolute atomic E-state index is 13.2. The number of hydrogen-bond acceptors (Lipinski definition) is 8. The van der Waals surface area contributed by atoms with E-state index in [1.807, 2.05) is 13.8 Å². The summed E-state index contributed by atoms with van der Waals surface area (Å²) in [4.78, 5) is 52.9. The Morgan fingerprint density at radius 1 is 1.30 bits per heavy atom. The molecule has 0 aromatic heterocycles. The molecule has 40 heavy (non-hydrogen) atoms. The summed E-state index contributed by atoms with van der Waals surface area (Å²) in [7, 11) is -2.98. The maximum atomic E-state index is 13.2. The number of nitrogens with zero attached hydrogens (tertiary/aromatic N) is 2. The van der Waals surface area contributed by atoms with Crippen molar-refractivity contribution in [3.8, 4) is 0 Å². The molecular formula is C25H42N6O8S. The number of piperidine rings is 1. The minimum Gasteiger partial charge on any atom is -0.481 e. The molecule has 2 saturated carbocycles. The number of carbonyl (C=O) groups excluding carboxylic acids is 3. The van der Waals surface area contributed by atoms with Crippen LogP contribution in [0.5, 0.6) is 0 Å². The molecule has 14 nitrogen and oxygen atoms in total. The average molecular weight is 587 g/mol. The first kappa shape index (κ1) is 31.7. The van der Waals surface area contributed by atoms with Crippen LogP contribution in [0, 0.1) is 22.2 Å². The molecule has 2 aliphatic carbocycles. The number of nitrogens with two attached hydrogens (primary N) is 1. The molecule has 5 atom stereocenters.